The number of carbonyl (C=O) groups is 2. The number of piperidine rings is 1. The molecule has 4 rings (SSSR count). The molecule has 200 valence electrons. The van der Waals surface area contributed by atoms with E-state index in [1.807, 2.05) is 42.7 Å². The van der Waals surface area contributed by atoms with Crippen LogP contribution in [0.25, 0.3) is 11.0 Å². The fourth-order valence-electron chi connectivity index (χ4n) is 5.01. The smallest absolute Gasteiger partial charge is 0.407 e. The number of nitrogens with zero attached hydrogens (tertiary/aromatic N) is 6. The van der Waals surface area contributed by atoms with Crippen LogP contribution in [0.15, 0.2) is 28.8 Å². The SMILES string of the molecule is COCCCCn1c(C(=O)N(CC(C)C)[C@H]2C[C@@H](c3nc(C)no3)CN(C(=O)O)C2)nc2ccccc21. The summed E-state index contributed by atoms with van der Waals surface area (Å²) in [5, 5.41) is 13.7. The summed E-state index contributed by atoms with van der Waals surface area (Å²) in [6.07, 6.45) is 1.20. The molecular weight excluding hydrogens is 476 g/mol. The molecule has 2 atom stereocenters. The number of carboxylic acid groups (broad SMARTS) is 1. The van der Waals surface area contributed by atoms with Crippen LogP contribution in [0, 0.1) is 12.8 Å². The fourth-order valence-corrected chi connectivity index (χ4v) is 5.01. The molecule has 1 N–H and O–H groups in total. The van der Waals surface area contributed by atoms with Gasteiger partial charge < -0.3 is 28.7 Å². The largest absolute Gasteiger partial charge is 0.465 e. The standard InChI is InChI=1S/C26H36N6O5/c1-17(2)14-32(20-13-19(15-30(16-20)26(34)35)24-27-18(3)29-37-24)25(33)23-28-21-9-5-6-10-22(21)31(23)11-7-8-12-36-4/h5-6,9-10,17,19-20H,7-8,11-16H2,1-4H3,(H,34,35)/t19-,20+/m1/s1. The lowest BCUT2D eigenvalue weighted by Gasteiger charge is -2.41. The van der Waals surface area contributed by atoms with Crippen LogP contribution in [0.5, 0.6) is 0 Å². The molecule has 0 bridgehead atoms. The van der Waals surface area contributed by atoms with Gasteiger partial charge in [-0.2, -0.15) is 4.98 Å². The van der Waals surface area contributed by atoms with Crippen LogP contribution < -0.4 is 0 Å². The number of benzene rings is 1. The van der Waals surface area contributed by atoms with E-state index in [9.17, 15) is 14.7 Å². The Morgan fingerprint density at radius 1 is 1.22 bits per heavy atom. The maximum absolute atomic E-state index is 14.2. The van der Waals surface area contributed by atoms with Crippen molar-refractivity contribution in [2.24, 2.45) is 5.92 Å². The molecule has 2 amide bonds. The number of methoxy groups -OCH3 is 1. The van der Waals surface area contributed by atoms with E-state index >= 15 is 0 Å². The van der Waals surface area contributed by atoms with Crippen LogP contribution >= 0.6 is 0 Å². The van der Waals surface area contributed by atoms with Crippen molar-refractivity contribution >= 4 is 23.0 Å². The zero-order valence-corrected chi connectivity index (χ0v) is 22.0. The summed E-state index contributed by atoms with van der Waals surface area (Å²) < 4.78 is 12.6. The first kappa shape index (κ1) is 26.6. The molecular formula is C26H36N6O5. The van der Waals surface area contributed by atoms with E-state index in [2.05, 4.69) is 10.1 Å². The Labute approximate surface area is 216 Å². The Balaban J connectivity index is 1.68. The maximum Gasteiger partial charge on any atom is 0.407 e. The number of fused-ring (bicyclic) bond motifs is 1. The summed E-state index contributed by atoms with van der Waals surface area (Å²) in [6, 6.07) is 7.37. The molecule has 2 aromatic heterocycles. The summed E-state index contributed by atoms with van der Waals surface area (Å²) in [4.78, 5) is 38.4. The molecule has 1 aliphatic heterocycles. The van der Waals surface area contributed by atoms with E-state index in [1.54, 1.807) is 18.9 Å². The van der Waals surface area contributed by atoms with Crippen molar-refractivity contribution in [1.82, 2.24) is 29.5 Å². The van der Waals surface area contributed by atoms with Crippen LogP contribution in [0.2, 0.25) is 0 Å². The molecule has 0 spiro atoms. The predicted octanol–water partition coefficient (Wildman–Crippen LogP) is 3.79. The number of imidazole rings is 1. The minimum Gasteiger partial charge on any atom is -0.465 e. The first-order chi connectivity index (χ1) is 17.8. The Bertz CT molecular complexity index is 1220. The second kappa shape index (κ2) is 11.7. The highest BCUT2D eigenvalue weighted by molar-refractivity contribution is 5.95. The molecule has 0 radical (unpaired) electrons. The Morgan fingerprint density at radius 3 is 2.68 bits per heavy atom. The zero-order chi connectivity index (χ0) is 26.5. The molecule has 1 aliphatic rings. The zero-order valence-electron chi connectivity index (χ0n) is 22.0. The molecule has 3 aromatic rings. The average molecular weight is 513 g/mol. The maximum atomic E-state index is 14.2. The van der Waals surface area contributed by atoms with Crippen molar-refractivity contribution in [1.29, 1.82) is 0 Å². The van der Waals surface area contributed by atoms with E-state index in [-0.39, 0.29) is 36.9 Å². The second-order valence-corrected chi connectivity index (χ2v) is 10.1. The minimum atomic E-state index is -1.03. The predicted molar refractivity (Wildman–Crippen MR) is 136 cm³/mol. The Kier molecular flexibility index (Phi) is 8.42. The van der Waals surface area contributed by atoms with Gasteiger partial charge in [0.2, 0.25) is 5.89 Å². The van der Waals surface area contributed by atoms with Crippen molar-refractivity contribution in [2.75, 3.05) is 33.4 Å². The van der Waals surface area contributed by atoms with Gasteiger partial charge >= 0.3 is 6.09 Å². The van der Waals surface area contributed by atoms with Crippen LogP contribution in [-0.2, 0) is 11.3 Å². The lowest BCUT2D eigenvalue weighted by molar-refractivity contribution is 0.0437. The normalized spacial score (nSPS) is 18.0. The number of unbranched alkanes of at least 4 members (excludes halogenated alkanes) is 1. The van der Waals surface area contributed by atoms with Gasteiger partial charge in [0.15, 0.2) is 11.6 Å². The van der Waals surface area contributed by atoms with Gasteiger partial charge in [0.05, 0.1) is 23.0 Å². The number of hydrogen-bond acceptors (Lipinski definition) is 7. The average Bonchev–Trinajstić information content (AvgIpc) is 3.48. The minimum absolute atomic E-state index is 0.174. The summed E-state index contributed by atoms with van der Waals surface area (Å²) in [6.45, 7) is 8.04. The topological polar surface area (TPSA) is 127 Å². The first-order valence-corrected chi connectivity index (χ1v) is 12.8. The molecule has 11 nitrogen and oxygen atoms in total. The van der Waals surface area contributed by atoms with Crippen molar-refractivity contribution < 1.29 is 24.0 Å². The molecule has 1 saturated heterocycles. The van der Waals surface area contributed by atoms with Crippen LogP contribution in [0.4, 0.5) is 4.79 Å². The number of likely N-dealkylation sites (tertiary alicyclic amines) is 1. The van der Waals surface area contributed by atoms with Gasteiger partial charge in [-0.05, 0) is 44.2 Å². The summed E-state index contributed by atoms with van der Waals surface area (Å²) in [5.74, 6) is 0.942. The van der Waals surface area contributed by atoms with Crippen LogP contribution in [-0.4, -0.2) is 86.0 Å². The van der Waals surface area contributed by atoms with Gasteiger partial charge in [0.25, 0.3) is 5.91 Å². The highest BCUT2D eigenvalue weighted by Crippen LogP contribution is 2.30. The summed E-state index contributed by atoms with van der Waals surface area (Å²) in [7, 11) is 1.68. The number of aryl methyl sites for hydroxylation is 2. The molecule has 11 heteroatoms. The van der Waals surface area contributed by atoms with Crippen LogP contribution in [0.3, 0.4) is 0 Å². The lowest BCUT2D eigenvalue weighted by atomic mass is 9.92. The number of rotatable bonds is 10. The van der Waals surface area contributed by atoms with Crippen LogP contribution in [0.1, 0.15) is 61.4 Å². The van der Waals surface area contributed by atoms with Gasteiger partial charge in [-0.3, -0.25) is 4.79 Å². The molecule has 1 aromatic carbocycles. The van der Waals surface area contributed by atoms with E-state index in [1.165, 1.54) is 4.90 Å². The van der Waals surface area contributed by atoms with E-state index in [0.717, 1.165) is 23.9 Å². The number of para-hydroxylation sites is 2. The molecule has 0 aliphatic carbocycles. The van der Waals surface area contributed by atoms with Crippen molar-refractivity contribution in [3.63, 3.8) is 0 Å². The number of carbonyl (C=O) groups excluding carboxylic acids is 1. The summed E-state index contributed by atoms with van der Waals surface area (Å²) in [5.41, 5.74) is 1.67. The highest BCUT2D eigenvalue weighted by atomic mass is 16.5. The number of amides is 2. The molecule has 0 saturated carbocycles. The Morgan fingerprint density at radius 2 is 2.00 bits per heavy atom. The van der Waals surface area contributed by atoms with Gasteiger partial charge in [0, 0.05) is 39.9 Å². The van der Waals surface area contributed by atoms with Gasteiger partial charge in [-0.1, -0.05) is 31.1 Å². The third kappa shape index (κ3) is 6.10. The highest BCUT2D eigenvalue weighted by Gasteiger charge is 2.39. The fraction of sp³-hybridized carbons (Fsp3) is 0.577. The van der Waals surface area contributed by atoms with Gasteiger partial charge in [0.1, 0.15) is 0 Å². The van der Waals surface area contributed by atoms with Crippen molar-refractivity contribution in [3.05, 3.63) is 41.8 Å². The quantitative estimate of drug-likeness (QED) is 0.407. The molecule has 3 heterocycles. The van der Waals surface area contributed by atoms with E-state index in [0.29, 0.717) is 43.7 Å². The molecule has 37 heavy (non-hydrogen) atoms. The van der Waals surface area contributed by atoms with E-state index in [4.69, 9.17) is 14.2 Å². The lowest BCUT2D eigenvalue weighted by Crippen LogP contribution is -2.54. The number of aromatic nitrogens is 4. The van der Waals surface area contributed by atoms with E-state index < -0.39 is 6.09 Å². The van der Waals surface area contributed by atoms with Gasteiger partial charge in [-0.15, -0.1) is 0 Å². The third-order valence-corrected chi connectivity index (χ3v) is 6.68. The van der Waals surface area contributed by atoms with Crippen molar-refractivity contribution in [3.8, 4) is 0 Å². The molecule has 1 fully saturated rings. The number of hydrogen-bond donors (Lipinski definition) is 1. The Hall–Kier alpha value is -3.47. The monoisotopic (exact) mass is 512 g/mol. The molecule has 0 unspecified atom stereocenters. The number of ether oxygens (including phenoxy) is 1. The van der Waals surface area contributed by atoms with Crippen molar-refractivity contribution in [2.45, 2.75) is 58.5 Å². The first-order valence-electron chi connectivity index (χ1n) is 12.8. The summed E-state index contributed by atoms with van der Waals surface area (Å²) >= 11 is 0. The third-order valence-electron chi connectivity index (χ3n) is 6.68. The second-order valence-electron chi connectivity index (χ2n) is 10.1. The van der Waals surface area contributed by atoms with Gasteiger partial charge in [-0.25, -0.2) is 9.78 Å².